The lowest BCUT2D eigenvalue weighted by atomic mass is 9.74. The predicted molar refractivity (Wildman–Crippen MR) is 165 cm³/mol. The summed E-state index contributed by atoms with van der Waals surface area (Å²) in [4.78, 5) is 38.3. The zero-order chi connectivity index (χ0) is 30.3. The van der Waals surface area contributed by atoms with E-state index in [1.54, 1.807) is 47.6 Å². The standard InChI is InChI=1S/C36H30F2N4O2/c37-29-10-4-24(5-11-29)20-25-2-1-3-28(21-25)35(44)42-23-36(31-22-30(38)12-13-32(31)42)14-18-41(19-15-36)34(43)27-8-6-26(7-9-27)33-39-16-17-40-33/h1-13,16-17,21-22H,14-15,18-20,23H2,(H,39,40). The fourth-order valence-electron chi connectivity index (χ4n) is 6.57. The molecule has 8 heteroatoms. The van der Waals surface area contributed by atoms with Gasteiger partial charge >= 0.3 is 0 Å². The van der Waals surface area contributed by atoms with Crippen LogP contribution in [0, 0.1) is 11.6 Å². The fraction of sp³-hybridized carbons (Fsp3) is 0.194. The predicted octanol–water partition coefficient (Wildman–Crippen LogP) is 6.78. The summed E-state index contributed by atoms with van der Waals surface area (Å²) >= 11 is 0. The van der Waals surface area contributed by atoms with Gasteiger partial charge in [-0.05, 0) is 90.6 Å². The van der Waals surface area contributed by atoms with E-state index < -0.39 is 5.41 Å². The number of carbonyl (C=O) groups is 2. The number of aromatic amines is 1. The number of anilines is 1. The summed E-state index contributed by atoms with van der Waals surface area (Å²) in [5, 5.41) is 0. The van der Waals surface area contributed by atoms with Crippen molar-refractivity contribution in [1.29, 1.82) is 0 Å². The molecule has 5 aromatic rings. The number of rotatable bonds is 5. The minimum Gasteiger partial charge on any atom is -0.345 e. The molecule has 0 atom stereocenters. The second-order valence-electron chi connectivity index (χ2n) is 11.6. The van der Waals surface area contributed by atoms with Crippen LogP contribution >= 0.6 is 0 Å². The number of amides is 2. The maximum atomic E-state index is 14.6. The van der Waals surface area contributed by atoms with Crippen LogP contribution in [0.2, 0.25) is 0 Å². The average molecular weight is 589 g/mol. The van der Waals surface area contributed by atoms with Crippen LogP contribution in [0.1, 0.15) is 50.2 Å². The monoisotopic (exact) mass is 588 g/mol. The SMILES string of the molecule is O=C(c1ccc(-c2ncc[nH]2)cc1)N1CCC2(CC1)CN(C(=O)c1cccc(Cc3ccc(F)cc3)c1)c1ccc(F)cc12. The van der Waals surface area contributed by atoms with E-state index in [-0.39, 0.29) is 23.4 Å². The fourth-order valence-corrected chi connectivity index (χ4v) is 6.57. The number of piperidine rings is 1. The highest BCUT2D eigenvalue weighted by atomic mass is 19.1. The Kier molecular flexibility index (Phi) is 7.04. The lowest BCUT2D eigenvalue weighted by Crippen LogP contribution is -2.47. The smallest absolute Gasteiger partial charge is 0.258 e. The van der Waals surface area contributed by atoms with Gasteiger partial charge in [0.25, 0.3) is 11.8 Å². The third-order valence-electron chi connectivity index (χ3n) is 8.93. The minimum absolute atomic E-state index is 0.0470. The van der Waals surface area contributed by atoms with Crippen LogP contribution < -0.4 is 4.90 Å². The summed E-state index contributed by atoms with van der Waals surface area (Å²) in [7, 11) is 0. The normalized spacial score (nSPS) is 15.4. The Labute approximate surface area is 254 Å². The van der Waals surface area contributed by atoms with E-state index in [1.165, 1.54) is 18.2 Å². The number of nitrogens with zero attached hydrogens (tertiary/aromatic N) is 3. The molecule has 0 saturated carbocycles. The van der Waals surface area contributed by atoms with Gasteiger partial charge in [0.2, 0.25) is 0 Å². The van der Waals surface area contributed by atoms with Crippen LogP contribution in [0.3, 0.4) is 0 Å². The van der Waals surface area contributed by atoms with Gasteiger partial charge in [-0.1, -0.05) is 36.4 Å². The van der Waals surface area contributed by atoms with Gasteiger partial charge in [0.15, 0.2) is 0 Å². The number of fused-ring (bicyclic) bond motifs is 2. The number of halogens is 2. The molecule has 1 spiro atoms. The van der Waals surface area contributed by atoms with E-state index >= 15 is 0 Å². The Hall–Kier alpha value is -5.11. The van der Waals surface area contributed by atoms with Crippen LogP contribution in [0.4, 0.5) is 14.5 Å². The minimum atomic E-state index is -0.446. The van der Waals surface area contributed by atoms with Gasteiger partial charge in [-0.3, -0.25) is 9.59 Å². The average Bonchev–Trinajstić information content (AvgIpc) is 3.70. The molecule has 2 amide bonds. The van der Waals surface area contributed by atoms with Gasteiger partial charge in [0, 0.05) is 59.8 Å². The number of imidazole rings is 1. The number of carbonyl (C=O) groups excluding carboxylic acids is 2. The molecule has 2 aliphatic heterocycles. The lowest BCUT2D eigenvalue weighted by molar-refractivity contribution is 0.0670. The molecule has 4 aromatic carbocycles. The van der Waals surface area contributed by atoms with E-state index in [0.29, 0.717) is 55.7 Å². The first-order chi connectivity index (χ1) is 21.4. The number of hydrogen-bond donors (Lipinski definition) is 1. The van der Waals surface area contributed by atoms with Gasteiger partial charge in [-0.2, -0.15) is 0 Å². The summed E-state index contributed by atoms with van der Waals surface area (Å²) in [6.07, 6.45) is 5.25. The quantitative estimate of drug-likeness (QED) is 0.246. The third kappa shape index (κ3) is 5.17. The van der Waals surface area contributed by atoms with Crippen LogP contribution in [0.5, 0.6) is 0 Å². The van der Waals surface area contributed by atoms with Crippen molar-refractivity contribution in [2.24, 2.45) is 0 Å². The zero-order valence-corrected chi connectivity index (χ0v) is 24.0. The highest BCUT2D eigenvalue weighted by Crippen LogP contribution is 2.48. The molecule has 0 unspecified atom stereocenters. The van der Waals surface area contributed by atoms with Gasteiger partial charge in [0.1, 0.15) is 17.5 Å². The lowest BCUT2D eigenvalue weighted by Gasteiger charge is -2.40. The zero-order valence-electron chi connectivity index (χ0n) is 24.0. The molecule has 7 rings (SSSR count). The van der Waals surface area contributed by atoms with Crippen molar-refractivity contribution in [2.75, 3.05) is 24.5 Å². The Balaban J connectivity index is 1.09. The molecule has 220 valence electrons. The first-order valence-corrected chi connectivity index (χ1v) is 14.7. The summed E-state index contributed by atoms with van der Waals surface area (Å²) in [6.45, 7) is 1.43. The molecule has 1 N–H and O–H groups in total. The number of benzene rings is 4. The number of nitrogens with one attached hydrogen (secondary N) is 1. The topological polar surface area (TPSA) is 69.3 Å². The maximum Gasteiger partial charge on any atom is 0.258 e. The number of hydrogen-bond acceptors (Lipinski definition) is 3. The highest BCUT2D eigenvalue weighted by molar-refractivity contribution is 6.08. The van der Waals surface area contributed by atoms with Crippen LogP contribution in [-0.4, -0.2) is 46.3 Å². The van der Waals surface area contributed by atoms with Crippen molar-refractivity contribution >= 4 is 17.5 Å². The molecule has 6 nitrogen and oxygen atoms in total. The van der Waals surface area contributed by atoms with Crippen LogP contribution in [0.25, 0.3) is 11.4 Å². The Morgan fingerprint density at radius 1 is 0.795 bits per heavy atom. The second kappa shape index (κ2) is 11.2. The van der Waals surface area contributed by atoms with Gasteiger partial charge in [-0.25, -0.2) is 13.8 Å². The van der Waals surface area contributed by atoms with Crippen LogP contribution in [0.15, 0.2) is 103 Å². The van der Waals surface area contributed by atoms with E-state index in [1.807, 2.05) is 47.4 Å². The van der Waals surface area contributed by atoms with Crippen molar-refractivity contribution in [3.63, 3.8) is 0 Å². The molecule has 44 heavy (non-hydrogen) atoms. The van der Waals surface area contributed by atoms with E-state index in [0.717, 1.165) is 28.1 Å². The van der Waals surface area contributed by atoms with E-state index in [9.17, 15) is 18.4 Å². The van der Waals surface area contributed by atoms with Crippen molar-refractivity contribution < 1.29 is 18.4 Å². The molecule has 1 saturated heterocycles. The summed E-state index contributed by atoms with van der Waals surface area (Å²) in [5.74, 6) is -0.0746. The molecule has 1 aromatic heterocycles. The summed E-state index contributed by atoms with van der Waals surface area (Å²) in [5.41, 5.74) is 5.04. The van der Waals surface area contributed by atoms with Gasteiger partial charge in [-0.15, -0.1) is 0 Å². The molecule has 0 radical (unpaired) electrons. The second-order valence-corrected chi connectivity index (χ2v) is 11.6. The molecule has 3 heterocycles. The largest absolute Gasteiger partial charge is 0.345 e. The third-order valence-corrected chi connectivity index (χ3v) is 8.93. The molecular weight excluding hydrogens is 558 g/mol. The number of likely N-dealkylation sites (tertiary alicyclic amines) is 1. The van der Waals surface area contributed by atoms with Crippen molar-refractivity contribution in [3.05, 3.63) is 143 Å². The van der Waals surface area contributed by atoms with Crippen LogP contribution in [-0.2, 0) is 11.8 Å². The van der Waals surface area contributed by atoms with Gasteiger partial charge in [0.05, 0.1) is 0 Å². The highest BCUT2D eigenvalue weighted by Gasteiger charge is 2.47. The number of aromatic nitrogens is 2. The molecule has 0 bridgehead atoms. The van der Waals surface area contributed by atoms with Crippen molar-refractivity contribution in [1.82, 2.24) is 14.9 Å². The molecular formula is C36H30F2N4O2. The van der Waals surface area contributed by atoms with E-state index in [4.69, 9.17) is 0 Å². The number of H-pyrrole nitrogens is 1. The first kappa shape index (κ1) is 27.7. The summed E-state index contributed by atoms with van der Waals surface area (Å²) < 4.78 is 28.0. The summed E-state index contributed by atoms with van der Waals surface area (Å²) in [6, 6.07) is 25.9. The maximum absolute atomic E-state index is 14.6. The Bertz CT molecular complexity index is 1830. The van der Waals surface area contributed by atoms with E-state index in [2.05, 4.69) is 9.97 Å². The van der Waals surface area contributed by atoms with Crippen molar-refractivity contribution in [3.8, 4) is 11.4 Å². The molecule has 1 fully saturated rings. The Morgan fingerprint density at radius 3 is 2.27 bits per heavy atom. The Morgan fingerprint density at radius 2 is 1.55 bits per heavy atom. The van der Waals surface area contributed by atoms with Crippen molar-refractivity contribution in [2.45, 2.75) is 24.7 Å². The van der Waals surface area contributed by atoms with Gasteiger partial charge < -0.3 is 14.8 Å². The molecule has 2 aliphatic rings. The molecule has 0 aliphatic carbocycles. The first-order valence-electron chi connectivity index (χ1n) is 14.7.